The maximum Gasteiger partial charge on any atom is 0.333 e. The molecule has 0 bridgehead atoms. The second kappa shape index (κ2) is 14.2. The van der Waals surface area contributed by atoms with Crippen molar-refractivity contribution in [1.82, 2.24) is 0 Å². The van der Waals surface area contributed by atoms with Crippen LogP contribution in [0.1, 0.15) is 13.3 Å². The van der Waals surface area contributed by atoms with E-state index in [0.717, 1.165) is 12.5 Å². The minimum absolute atomic E-state index is 0.257. The van der Waals surface area contributed by atoms with Gasteiger partial charge in [0.05, 0.1) is 33.0 Å². The Labute approximate surface area is 129 Å². The van der Waals surface area contributed by atoms with Crippen molar-refractivity contribution in [2.24, 2.45) is 0 Å². The summed E-state index contributed by atoms with van der Waals surface area (Å²) in [4.78, 5) is 11.2. The molecule has 0 aromatic rings. The first-order valence-corrected chi connectivity index (χ1v) is 8.17. The van der Waals surface area contributed by atoms with Gasteiger partial charge in [0.25, 0.3) is 0 Å². The number of esters is 1. The van der Waals surface area contributed by atoms with E-state index in [-0.39, 0.29) is 11.9 Å². The van der Waals surface area contributed by atoms with Gasteiger partial charge in [-0.2, -0.15) is 0 Å². The van der Waals surface area contributed by atoms with Crippen molar-refractivity contribution in [2.75, 3.05) is 47.3 Å². The van der Waals surface area contributed by atoms with Crippen LogP contribution in [0, 0.1) is 0 Å². The number of carbonyl (C=O) groups excluding carboxylic acids is 1. The van der Waals surface area contributed by atoms with Crippen molar-refractivity contribution in [2.45, 2.75) is 25.3 Å². The van der Waals surface area contributed by atoms with E-state index in [1.165, 1.54) is 0 Å². The summed E-state index contributed by atoms with van der Waals surface area (Å²) in [5.41, 5.74) is 0.418. The molecule has 0 aromatic carbocycles. The smallest absolute Gasteiger partial charge is 0.333 e. The zero-order valence-electron chi connectivity index (χ0n) is 13.2. The zero-order chi connectivity index (χ0) is 15.9. The van der Waals surface area contributed by atoms with Gasteiger partial charge in [0.15, 0.2) is 0 Å². The third-order valence-electron chi connectivity index (χ3n) is 2.33. The lowest BCUT2D eigenvalue weighted by atomic mass is 10.4. The van der Waals surface area contributed by atoms with E-state index in [1.807, 2.05) is 0 Å². The second-order valence-electron chi connectivity index (χ2n) is 4.28. The van der Waals surface area contributed by atoms with Crippen molar-refractivity contribution in [3.8, 4) is 0 Å². The number of methoxy groups -OCH3 is 2. The number of rotatable bonds is 14. The van der Waals surface area contributed by atoms with Crippen molar-refractivity contribution in [3.63, 3.8) is 0 Å². The molecule has 0 aromatic heterocycles. The van der Waals surface area contributed by atoms with Crippen LogP contribution in [-0.4, -0.2) is 68.7 Å². The minimum atomic E-state index is -0.345. The largest absolute Gasteiger partial charge is 0.462 e. The molecule has 6 nitrogen and oxygen atoms in total. The Morgan fingerprint density at radius 2 is 1.62 bits per heavy atom. The lowest BCUT2D eigenvalue weighted by Crippen LogP contribution is -2.27. The average Bonchev–Trinajstić information content (AvgIpc) is 2.46. The minimum Gasteiger partial charge on any atom is -0.462 e. The van der Waals surface area contributed by atoms with Crippen molar-refractivity contribution in [1.29, 1.82) is 0 Å². The number of carbonyl (C=O) groups is 1. The van der Waals surface area contributed by atoms with Crippen LogP contribution in [-0.2, 0) is 28.5 Å². The fourth-order valence-corrected chi connectivity index (χ4v) is 2.28. The molecule has 0 spiro atoms. The number of hydrogen-bond acceptors (Lipinski definition) is 6. The SMILES string of the molecule is C=C(C)C(=O)OCCC[Si]C(OCCOC)OCCOC. The molecule has 0 fully saturated rings. The van der Waals surface area contributed by atoms with Gasteiger partial charge in [0.2, 0.25) is 0 Å². The predicted molar refractivity (Wildman–Crippen MR) is 80.4 cm³/mol. The highest BCUT2D eigenvalue weighted by Gasteiger charge is 2.11. The molecule has 0 saturated heterocycles. The van der Waals surface area contributed by atoms with Gasteiger partial charge in [0, 0.05) is 19.8 Å². The molecule has 7 heteroatoms. The van der Waals surface area contributed by atoms with Crippen LogP contribution in [0.25, 0.3) is 0 Å². The van der Waals surface area contributed by atoms with Gasteiger partial charge in [-0.1, -0.05) is 12.6 Å². The van der Waals surface area contributed by atoms with E-state index >= 15 is 0 Å². The summed E-state index contributed by atoms with van der Waals surface area (Å²) in [6, 6.07) is 0.869. The van der Waals surface area contributed by atoms with Crippen molar-refractivity contribution >= 4 is 15.5 Å². The third-order valence-corrected chi connectivity index (χ3v) is 3.64. The molecule has 0 aliphatic rings. The number of ether oxygens (including phenoxy) is 5. The molecule has 0 amide bonds. The molecule has 2 radical (unpaired) electrons. The monoisotopic (exact) mass is 318 g/mol. The van der Waals surface area contributed by atoms with Crippen LogP contribution in [0.4, 0.5) is 0 Å². The first-order valence-electron chi connectivity index (χ1n) is 6.89. The topological polar surface area (TPSA) is 63.2 Å². The van der Waals surface area contributed by atoms with Crippen LogP contribution < -0.4 is 0 Å². The van der Waals surface area contributed by atoms with Gasteiger partial charge in [-0.3, -0.25) is 0 Å². The lowest BCUT2D eigenvalue weighted by molar-refractivity contribution is -0.138. The molecule has 0 unspecified atom stereocenters. The van der Waals surface area contributed by atoms with Gasteiger partial charge < -0.3 is 23.7 Å². The van der Waals surface area contributed by atoms with Crippen LogP contribution in [0.2, 0.25) is 6.04 Å². The quantitative estimate of drug-likeness (QED) is 0.158. The summed E-state index contributed by atoms with van der Waals surface area (Å²) in [6.07, 6.45) is 0.773. The Kier molecular flexibility index (Phi) is 13.7. The van der Waals surface area contributed by atoms with E-state index < -0.39 is 0 Å². The molecule has 21 heavy (non-hydrogen) atoms. The van der Waals surface area contributed by atoms with Gasteiger partial charge >= 0.3 is 5.97 Å². The fraction of sp³-hybridized carbons (Fsp3) is 0.786. The summed E-state index contributed by atoms with van der Waals surface area (Å²) < 4.78 is 26.1. The van der Waals surface area contributed by atoms with Crippen LogP contribution >= 0.6 is 0 Å². The highest BCUT2D eigenvalue weighted by atomic mass is 28.2. The molecule has 0 rings (SSSR count). The fourth-order valence-electron chi connectivity index (χ4n) is 1.22. The summed E-state index contributed by atoms with van der Waals surface area (Å²) in [5, 5.41) is 0. The third kappa shape index (κ3) is 12.7. The molecule has 0 aliphatic carbocycles. The molecule has 0 atom stereocenters. The Morgan fingerprint density at radius 3 is 2.10 bits per heavy atom. The Morgan fingerprint density at radius 1 is 1.05 bits per heavy atom. The summed E-state index contributed by atoms with van der Waals surface area (Å²) in [6.45, 7) is 7.60. The lowest BCUT2D eigenvalue weighted by Gasteiger charge is -2.17. The Hall–Kier alpha value is -0.733. The molecule has 0 heterocycles. The van der Waals surface area contributed by atoms with Gasteiger partial charge in [0.1, 0.15) is 15.4 Å². The highest BCUT2D eigenvalue weighted by Crippen LogP contribution is 2.01. The average molecular weight is 318 g/mol. The number of hydrogen-bond donors (Lipinski definition) is 0. The molecule has 122 valence electrons. The molecular formula is C14H26O6Si. The molecule has 0 saturated carbocycles. The molecule has 0 aliphatic heterocycles. The first-order chi connectivity index (χ1) is 10.1. The van der Waals surface area contributed by atoms with Crippen LogP contribution in [0.15, 0.2) is 12.2 Å². The van der Waals surface area contributed by atoms with Crippen molar-refractivity contribution < 1.29 is 28.5 Å². The first kappa shape index (κ1) is 20.3. The predicted octanol–water partition coefficient (Wildman–Crippen LogP) is 1.23. The van der Waals surface area contributed by atoms with E-state index in [1.54, 1.807) is 21.1 Å². The second-order valence-corrected chi connectivity index (χ2v) is 5.66. The van der Waals surface area contributed by atoms with Crippen LogP contribution in [0.5, 0.6) is 0 Å². The standard InChI is InChI=1S/C14H26O6Si/c1-12(2)13(15)18-6-5-11-21-14(19-9-7-16-3)20-10-8-17-4/h14H,1,5-11H2,2-4H3. The molecular weight excluding hydrogens is 292 g/mol. The maximum absolute atomic E-state index is 11.2. The van der Waals surface area contributed by atoms with Gasteiger partial charge in [-0.15, -0.1) is 0 Å². The van der Waals surface area contributed by atoms with Gasteiger partial charge in [-0.25, -0.2) is 4.79 Å². The highest BCUT2D eigenvalue weighted by molar-refractivity contribution is 6.36. The van der Waals surface area contributed by atoms with Gasteiger partial charge in [-0.05, 0) is 13.3 Å². The summed E-state index contributed by atoms with van der Waals surface area (Å²) in [7, 11) is 3.73. The molecule has 0 N–H and O–H groups in total. The Bertz CT molecular complexity index is 275. The summed E-state index contributed by atoms with van der Waals surface area (Å²) >= 11 is 0. The zero-order valence-corrected chi connectivity index (χ0v) is 14.2. The van der Waals surface area contributed by atoms with Crippen molar-refractivity contribution in [3.05, 3.63) is 12.2 Å². The maximum atomic E-state index is 11.2. The van der Waals surface area contributed by atoms with E-state index in [0.29, 0.717) is 48.1 Å². The van der Waals surface area contributed by atoms with Crippen LogP contribution in [0.3, 0.4) is 0 Å². The van der Waals surface area contributed by atoms with E-state index in [4.69, 9.17) is 23.7 Å². The Balaban J connectivity index is 3.77. The van der Waals surface area contributed by atoms with E-state index in [9.17, 15) is 4.79 Å². The summed E-state index contributed by atoms with van der Waals surface area (Å²) in [5.74, 6) is -0.602. The van der Waals surface area contributed by atoms with E-state index in [2.05, 4.69) is 6.58 Å². The normalized spacial score (nSPS) is 10.9.